The van der Waals surface area contributed by atoms with Gasteiger partial charge >= 0.3 is 0 Å². The lowest BCUT2D eigenvalue weighted by atomic mass is 9.72. The monoisotopic (exact) mass is 884 g/mol. The van der Waals surface area contributed by atoms with Crippen LogP contribution in [0, 0.1) is 21.3 Å². The van der Waals surface area contributed by atoms with Crippen molar-refractivity contribution in [1.82, 2.24) is 19.6 Å². The number of rotatable bonds is 12. The zero-order valence-electron chi connectivity index (χ0n) is 34.5. The molecule has 1 saturated heterocycles. The highest BCUT2D eigenvalue weighted by atomic mass is 35.5. The van der Waals surface area contributed by atoms with Gasteiger partial charge in [0.25, 0.3) is 21.6 Å². The number of nitro groups is 1. The van der Waals surface area contributed by atoms with Crippen molar-refractivity contribution in [1.29, 1.82) is 0 Å². The minimum atomic E-state index is -4.62. The first-order chi connectivity index (χ1) is 29.6. The van der Waals surface area contributed by atoms with Gasteiger partial charge in [0.1, 0.15) is 28.7 Å². The lowest BCUT2D eigenvalue weighted by Crippen LogP contribution is -2.42. The van der Waals surface area contributed by atoms with Crippen LogP contribution in [0.1, 0.15) is 61.0 Å². The van der Waals surface area contributed by atoms with Crippen molar-refractivity contribution >= 4 is 61.1 Å². The molecule has 0 unspecified atom stereocenters. The van der Waals surface area contributed by atoms with E-state index in [1.54, 1.807) is 43.6 Å². The summed E-state index contributed by atoms with van der Waals surface area (Å²) in [6, 6.07) is 16.8. The molecule has 0 radical (unpaired) electrons. The summed E-state index contributed by atoms with van der Waals surface area (Å²) in [7, 11) is -3.03. The second-order valence-corrected chi connectivity index (χ2v) is 18.6. The average molecular weight is 885 g/mol. The van der Waals surface area contributed by atoms with Gasteiger partial charge in [-0.15, -0.1) is 0 Å². The van der Waals surface area contributed by atoms with Crippen molar-refractivity contribution in [3.8, 4) is 11.5 Å². The van der Waals surface area contributed by atoms with E-state index in [-0.39, 0.29) is 34.8 Å². The number of carbonyl (C=O) groups is 1. The molecular formula is C45H46ClFN6O8S. The molecule has 5 aromatic rings. The number of nitro benzene ring substituents is 1. The first kappa shape index (κ1) is 43.0. The topological polar surface area (TPSA) is 169 Å². The van der Waals surface area contributed by atoms with E-state index < -0.39 is 37.7 Å². The molecule has 62 heavy (non-hydrogen) atoms. The van der Waals surface area contributed by atoms with Gasteiger partial charge in [-0.1, -0.05) is 49.2 Å². The largest absolute Gasteiger partial charge is 0.455 e. The summed E-state index contributed by atoms with van der Waals surface area (Å²) in [6.07, 6.45) is 8.05. The summed E-state index contributed by atoms with van der Waals surface area (Å²) in [5.41, 5.74) is 4.86. The molecule has 324 valence electrons. The number of sulfonamides is 1. The molecule has 1 fully saturated rings. The normalized spacial score (nSPS) is 18.3. The Balaban J connectivity index is 1.05. The molecule has 3 aromatic carbocycles. The summed E-state index contributed by atoms with van der Waals surface area (Å²) in [5.74, 6) is -0.922. The Morgan fingerprint density at radius 3 is 2.71 bits per heavy atom. The quantitative estimate of drug-likeness (QED) is 0.0908. The van der Waals surface area contributed by atoms with Gasteiger partial charge in [-0.2, -0.15) is 0 Å². The van der Waals surface area contributed by atoms with Crippen molar-refractivity contribution < 1.29 is 36.7 Å². The van der Waals surface area contributed by atoms with Crippen LogP contribution in [0.25, 0.3) is 22.2 Å². The standard InChI is InChI=1S/C45H46ClFN6O8S/c1-45(2)14-10-31(37(24-45)35-8-5-32(46)22-38(35)47)26-52-16-12-28(13-17-52)29-4-7-36(41(21-29)61-33-20-30-11-15-48-43(30)49-25-33)44(54)50-62(57,58)34-6-9-39(40(23-34)53(55)56)51(3)42-27-59-18-19-60-42/h4-9,11-12,15,20-23,25,42H,10,13-14,16-19,24,26-27H2,1-3H3,(H,48,49)(H,50,54)/t42-/m0/s1. The number of allylic oxidation sites excluding steroid dienone is 1. The molecule has 0 bridgehead atoms. The van der Waals surface area contributed by atoms with E-state index in [0.717, 1.165) is 54.0 Å². The number of fused-ring (bicyclic) bond motifs is 1. The molecule has 1 amide bonds. The first-order valence-electron chi connectivity index (χ1n) is 20.2. The molecule has 1 aliphatic carbocycles. The Kier molecular flexibility index (Phi) is 12.2. The number of hydrogen-bond donors (Lipinski definition) is 2. The van der Waals surface area contributed by atoms with E-state index in [9.17, 15) is 23.3 Å². The number of amides is 1. The maximum atomic E-state index is 15.2. The van der Waals surface area contributed by atoms with Crippen LogP contribution in [0.2, 0.25) is 5.02 Å². The number of halogens is 2. The minimum Gasteiger partial charge on any atom is -0.455 e. The third kappa shape index (κ3) is 9.39. The van der Waals surface area contributed by atoms with E-state index in [1.807, 2.05) is 6.07 Å². The van der Waals surface area contributed by atoms with Crippen molar-refractivity contribution in [3.05, 3.63) is 128 Å². The van der Waals surface area contributed by atoms with Crippen molar-refractivity contribution in [2.24, 2.45) is 5.41 Å². The van der Waals surface area contributed by atoms with Gasteiger partial charge < -0.3 is 24.1 Å². The number of benzene rings is 3. The van der Waals surface area contributed by atoms with Gasteiger partial charge in [0.2, 0.25) is 0 Å². The Labute approximate surface area is 363 Å². The molecule has 2 aromatic heterocycles. The number of nitrogens with one attached hydrogen (secondary N) is 2. The third-order valence-electron chi connectivity index (χ3n) is 11.6. The number of likely N-dealkylation sites (N-methyl/N-ethyl adjacent to an activating group) is 1. The predicted molar refractivity (Wildman–Crippen MR) is 234 cm³/mol. The Bertz CT molecular complexity index is 2730. The van der Waals surface area contributed by atoms with Crippen molar-refractivity contribution in [3.63, 3.8) is 0 Å². The lowest BCUT2D eigenvalue weighted by molar-refractivity contribution is -0.384. The van der Waals surface area contributed by atoms with Crippen molar-refractivity contribution in [2.75, 3.05) is 51.4 Å². The highest BCUT2D eigenvalue weighted by Gasteiger charge is 2.32. The van der Waals surface area contributed by atoms with Gasteiger partial charge in [-0.05, 0) is 96.3 Å². The summed E-state index contributed by atoms with van der Waals surface area (Å²) in [4.78, 5) is 36.2. The van der Waals surface area contributed by atoms with Gasteiger partial charge in [-0.3, -0.25) is 19.8 Å². The fourth-order valence-electron chi connectivity index (χ4n) is 8.21. The van der Waals surface area contributed by atoms with Gasteiger partial charge in [0, 0.05) is 54.9 Å². The molecule has 14 nitrogen and oxygen atoms in total. The summed E-state index contributed by atoms with van der Waals surface area (Å²) in [5, 5.41) is 13.3. The number of aromatic amines is 1. The zero-order valence-corrected chi connectivity index (χ0v) is 36.0. The number of carbonyl (C=O) groups excluding carboxylic acids is 1. The lowest BCUT2D eigenvalue weighted by Gasteiger charge is -2.36. The molecule has 2 aliphatic heterocycles. The van der Waals surface area contributed by atoms with Crippen LogP contribution in [0.3, 0.4) is 0 Å². The number of pyridine rings is 1. The maximum absolute atomic E-state index is 15.2. The number of H-pyrrole nitrogens is 1. The number of ether oxygens (including phenoxy) is 3. The van der Waals surface area contributed by atoms with Crippen molar-refractivity contribution in [2.45, 2.75) is 50.7 Å². The third-order valence-corrected chi connectivity index (χ3v) is 13.2. The summed E-state index contributed by atoms with van der Waals surface area (Å²) in [6.45, 7) is 7.34. The first-order valence-corrected chi connectivity index (χ1v) is 22.1. The SMILES string of the molecule is CN(c1ccc(S(=O)(=O)NC(=O)c2ccc(C3=CCN(CC4=C(c5ccc(Cl)cc5F)CC(C)(C)CC4)CC3)cc2Oc2cnc3[nH]ccc3c2)cc1[N+](=O)[O-])[C@@H]1COCCO1. The van der Waals surface area contributed by atoms with Crippen LogP contribution in [0.15, 0.2) is 95.7 Å². The van der Waals surface area contributed by atoms with Gasteiger partial charge in [-0.25, -0.2) is 22.5 Å². The summed E-state index contributed by atoms with van der Waals surface area (Å²) < 4.78 is 62.1. The highest BCUT2D eigenvalue weighted by molar-refractivity contribution is 7.90. The van der Waals surface area contributed by atoms with Crippen LogP contribution < -0.4 is 14.4 Å². The predicted octanol–water partition coefficient (Wildman–Crippen LogP) is 8.74. The second kappa shape index (κ2) is 17.6. The Morgan fingerprint density at radius 2 is 1.97 bits per heavy atom. The van der Waals surface area contributed by atoms with Gasteiger partial charge in [0.15, 0.2) is 6.23 Å². The van der Waals surface area contributed by atoms with Crippen LogP contribution in [0.5, 0.6) is 11.5 Å². The van der Waals surface area contributed by atoms with E-state index in [2.05, 4.69) is 39.5 Å². The Morgan fingerprint density at radius 1 is 1.13 bits per heavy atom. The molecule has 0 saturated carbocycles. The molecule has 2 N–H and O–H groups in total. The van der Waals surface area contributed by atoms with Crippen LogP contribution in [-0.4, -0.2) is 86.8 Å². The number of hydrogen-bond acceptors (Lipinski definition) is 11. The van der Waals surface area contributed by atoms with E-state index >= 15 is 4.39 Å². The van der Waals surface area contributed by atoms with Gasteiger partial charge in [0.05, 0.1) is 41.4 Å². The second-order valence-electron chi connectivity index (χ2n) is 16.5. The van der Waals surface area contributed by atoms with Crippen LogP contribution in [0.4, 0.5) is 15.8 Å². The molecule has 0 spiro atoms. The molecule has 3 aliphatic rings. The zero-order chi connectivity index (χ0) is 43.8. The fourth-order valence-corrected chi connectivity index (χ4v) is 9.36. The Hall–Kier alpha value is -5.65. The molecule has 8 rings (SSSR count). The van der Waals surface area contributed by atoms with E-state index in [0.29, 0.717) is 54.7 Å². The van der Waals surface area contributed by atoms with Crippen LogP contribution >= 0.6 is 11.6 Å². The molecule has 17 heteroatoms. The van der Waals surface area contributed by atoms with E-state index in [1.165, 1.54) is 40.9 Å². The number of anilines is 1. The van der Waals surface area contributed by atoms with E-state index in [4.69, 9.17) is 25.8 Å². The molecular weight excluding hydrogens is 839 g/mol. The summed E-state index contributed by atoms with van der Waals surface area (Å²) >= 11 is 6.10. The number of aromatic nitrogens is 2. The van der Waals surface area contributed by atoms with Crippen LogP contribution in [-0.2, 0) is 19.5 Å². The smallest absolute Gasteiger partial charge is 0.293 e. The molecule has 4 heterocycles. The number of nitrogens with zero attached hydrogens (tertiary/aromatic N) is 4. The average Bonchev–Trinajstić information content (AvgIpc) is 3.72. The fraction of sp³-hybridized carbons (Fsp3) is 0.333. The maximum Gasteiger partial charge on any atom is 0.293 e. The minimum absolute atomic E-state index is 0.0422. The highest BCUT2D eigenvalue weighted by Crippen LogP contribution is 2.44. The molecule has 1 atom stereocenters.